The molecule has 0 radical (unpaired) electrons. The average Bonchev–Trinajstić information content (AvgIpc) is 2.42. The summed E-state index contributed by atoms with van der Waals surface area (Å²) >= 11 is 0. The van der Waals surface area contributed by atoms with Gasteiger partial charge < -0.3 is 15.4 Å². The van der Waals surface area contributed by atoms with Crippen LogP contribution in [-0.2, 0) is 16.0 Å². The van der Waals surface area contributed by atoms with Gasteiger partial charge in [-0.1, -0.05) is 12.1 Å². The number of nitrogens with zero attached hydrogens (tertiary/aromatic N) is 1. The van der Waals surface area contributed by atoms with Gasteiger partial charge in [0.1, 0.15) is 0 Å². The van der Waals surface area contributed by atoms with Gasteiger partial charge in [0, 0.05) is 25.9 Å². The molecule has 1 aromatic rings. The van der Waals surface area contributed by atoms with Gasteiger partial charge in [0.2, 0.25) is 5.91 Å². The van der Waals surface area contributed by atoms with Crippen LogP contribution in [0.4, 0.5) is 5.69 Å². The fraction of sp³-hybridized carbons (Fsp3) is 0.533. The van der Waals surface area contributed by atoms with E-state index in [1.807, 2.05) is 31.3 Å². The van der Waals surface area contributed by atoms with Crippen LogP contribution in [0, 0.1) is 0 Å². The Morgan fingerprint density at radius 3 is 2.74 bits per heavy atom. The summed E-state index contributed by atoms with van der Waals surface area (Å²) in [5, 5.41) is 0. The lowest BCUT2D eigenvalue weighted by atomic mass is 10.1. The van der Waals surface area contributed by atoms with Crippen LogP contribution in [0.25, 0.3) is 0 Å². The second kappa shape index (κ2) is 6.57. The van der Waals surface area contributed by atoms with Crippen molar-refractivity contribution in [3.8, 4) is 0 Å². The lowest BCUT2D eigenvalue weighted by molar-refractivity contribution is -0.131. The molecule has 1 aromatic carbocycles. The van der Waals surface area contributed by atoms with Crippen molar-refractivity contribution in [2.45, 2.75) is 31.8 Å². The van der Waals surface area contributed by atoms with Crippen molar-refractivity contribution < 1.29 is 9.53 Å². The molecule has 19 heavy (non-hydrogen) atoms. The molecular formula is C15H22N2O2. The van der Waals surface area contributed by atoms with Crippen LogP contribution in [0.15, 0.2) is 24.3 Å². The second-order valence-electron chi connectivity index (χ2n) is 5.18. The van der Waals surface area contributed by atoms with E-state index >= 15 is 0 Å². The molecule has 0 aliphatic carbocycles. The first-order valence-electron chi connectivity index (χ1n) is 6.85. The fourth-order valence-electron chi connectivity index (χ4n) is 2.30. The normalized spacial score (nSPS) is 19.1. The molecule has 2 rings (SSSR count). The van der Waals surface area contributed by atoms with Crippen LogP contribution >= 0.6 is 0 Å². The Labute approximate surface area is 114 Å². The third-order valence-electron chi connectivity index (χ3n) is 3.51. The predicted molar refractivity (Wildman–Crippen MR) is 75.8 cm³/mol. The maximum atomic E-state index is 12.1. The number of hydrogen-bond acceptors (Lipinski definition) is 3. The van der Waals surface area contributed by atoms with Crippen LogP contribution in [0.1, 0.15) is 24.8 Å². The third-order valence-corrected chi connectivity index (χ3v) is 3.51. The first-order valence-corrected chi connectivity index (χ1v) is 6.85. The van der Waals surface area contributed by atoms with Crippen molar-refractivity contribution in [3.63, 3.8) is 0 Å². The molecule has 4 heteroatoms. The van der Waals surface area contributed by atoms with Gasteiger partial charge in [-0.25, -0.2) is 0 Å². The minimum Gasteiger partial charge on any atom is -0.399 e. The number of amides is 1. The van der Waals surface area contributed by atoms with Gasteiger partial charge in [0.25, 0.3) is 0 Å². The molecule has 1 heterocycles. The van der Waals surface area contributed by atoms with Crippen molar-refractivity contribution in [3.05, 3.63) is 29.8 Å². The highest BCUT2D eigenvalue weighted by molar-refractivity contribution is 5.78. The van der Waals surface area contributed by atoms with Crippen molar-refractivity contribution in [2.75, 3.05) is 25.9 Å². The fourth-order valence-corrected chi connectivity index (χ4v) is 2.30. The number of benzene rings is 1. The number of nitrogens with two attached hydrogens (primary N) is 1. The average molecular weight is 262 g/mol. The van der Waals surface area contributed by atoms with Crippen molar-refractivity contribution in [1.82, 2.24) is 4.90 Å². The topological polar surface area (TPSA) is 55.6 Å². The molecule has 2 N–H and O–H groups in total. The van der Waals surface area contributed by atoms with Crippen LogP contribution < -0.4 is 5.73 Å². The predicted octanol–water partition coefficient (Wildman–Crippen LogP) is 1.84. The van der Waals surface area contributed by atoms with Gasteiger partial charge in [0.05, 0.1) is 12.5 Å². The molecule has 1 unspecified atom stereocenters. The van der Waals surface area contributed by atoms with Gasteiger partial charge >= 0.3 is 0 Å². The number of likely N-dealkylation sites (N-methyl/N-ethyl adjacent to an activating group) is 1. The number of anilines is 1. The minimum absolute atomic E-state index is 0.124. The van der Waals surface area contributed by atoms with Crippen LogP contribution in [0.5, 0.6) is 0 Å². The lowest BCUT2D eigenvalue weighted by Gasteiger charge is -2.27. The van der Waals surface area contributed by atoms with Crippen molar-refractivity contribution in [1.29, 1.82) is 0 Å². The van der Waals surface area contributed by atoms with E-state index in [9.17, 15) is 4.79 Å². The molecule has 0 saturated carbocycles. The number of rotatable bonds is 4. The molecule has 1 atom stereocenters. The highest BCUT2D eigenvalue weighted by Gasteiger charge is 2.18. The van der Waals surface area contributed by atoms with E-state index < -0.39 is 0 Å². The highest BCUT2D eigenvalue weighted by atomic mass is 16.5. The molecular weight excluding hydrogens is 240 g/mol. The first-order chi connectivity index (χ1) is 9.15. The molecule has 0 aromatic heterocycles. The third kappa shape index (κ3) is 4.24. The summed E-state index contributed by atoms with van der Waals surface area (Å²) in [6.45, 7) is 1.51. The Kier molecular flexibility index (Phi) is 4.80. The number of hydrogen-bond donors (Lipinski definition) is 1. The van der Waals surface area contributed by atoms with E-state index in [0.717, 1.165) is 30.7 Å². The van der Waals surface area contributed by atoms with Gasteiger partial charge in [-0.2, -0.15) is 0 Å². The summed E-state index contributed by atoms with van der Waals surface area (Å²) in [5.74, 6) is 0.124. The Morgan fingerprint density at radius 1 is 1.37 bits per heavy atom. The Balaban J connectivity index is 1.83. The zero-order valence-corrected chi connectivity index (χ0v) is 11.5. The number of ether oxygens (including phenoxy) is 1. The molecule has 1 fully saturated rings. The maximum absolute atomic E-state index is 12.1. The zero-order chi connectivity index (χ0) is 13.7. The minimum atomic E-state index is 0.124. The Hall–Kier alpha value is -1.55. The maximum Gasteiger partial charge on any atom is 0.226 e. The summed E-state index contributed by atoms with van der Waals surface area (Å²) in [5.41, 5.74) is 7.35. The van der Waals surface area contributed by atoms with E-state index in [1.54, 1.807) is 4.90 Å². The summed E-state index contributed by atoms with van der Waals surface area (Å²) < 4.78 is 5.65. The summed E-state index contributed by atoms with van der Waals surface area (Å²) in [6, 6.07) is 7.45. The Bertz CT molecular complexity index is 411. The number of nitrogen functional groups attached to an aromatic ring is 1. The monoisotopic (exact) mass is 262 g/mol. The smallest absolute Gasteiger partial charge is 0.226 e. The molecule has 1 aliphatic rings. The van der Waals surface area contributed by atoms with Gasteiger partial charge in [-0.05, 0) is 37.0 Å². The molecule has 0 bridgehead atoms. The quantitative estimate of drug-likeness (QED) is 0.842. The summed E-state index contributed by atoms with van der Waals surface area (Å²) in [7, 11) is 1.84. The van der Waals surface area contributed by atoms with E-state index in [1.165, 1.54) is 6.42 Å². The standard InChI is InChI=1S/C15H22N2O2/c1-17(11-14-4-2-3-9-19-14)15(18)10-12-5-7-13(16)8-6-12/h5-8,14H,2-4,9-11,16H2,1H3. The SMILES string of the molecule is CN(CC1CCCCO1)C(=O)Cc1ccc(N)cc1. The molecule has 4 nitrogen and oxygen atoms in total. The second-order valence-corrected chi connectivity index (χ2v) is 5.18. The van der Waals surface area contributed by atoms with Crippen molar-refractivity contribution >= 4 is 11.6 Å². The van der Waals surface area contributed by atoms with Crippen LogP contribution in [0.2, 0.25) is 0 Å². The highest BCUT2D eigenvalue weighted by Crippen LogP contribution is 2.14. The molecule has 1 amide bonds. The number of carbonyl (C=O) groups is 1. The van der Waals surface area contributed by atoms with Crippen LogP contribution in [-0.4, -0.2) is 37.1 Å². The Morgan fingerprint density at radius 2 is 2.11 bits per heavy atom. The molecule has 1 saturated heterocycles. The lowest BCUT2D eigenvalue weighted by Crippen LogP contribution is -2.37. The van der Waals surface area contributed by atoms with Gasteiger partial charge in [-0.15, -0.1) is 0 Å². The molecule has 1 aliphatic heterocycles. The zero-order valence-electron chi connectivity index (χ0n) is 11.5. The van der Waals surface area contributed by atoms with Gasteiger partial charge in [0.15, 0.2) is 0 Å². The van der Waals surface area contributed by atoms with E-state index in [2.05, 4.69) is 0 Å². The summed E-state index contributed by atoms with van der Waals surface area (Å²) in [6.07, 6.45) is 4.02. The van der Waals surface area contributed by atoms with E-state index in [4.69, 9.17) is 10.5 Å². The summed E-state index contributed by atoms with van der Waals surface area (Å²) in [4.78, 5) is 13.9. The van der Waals surface area contributed by atoms with E-state index in [0.29, 0.717) is 13.0 Å². The van der Waals surface area contributed by atoms with Crippen LogP contribution in [0.3, 0.4) is 0 Å². The van der Waals surface area contributed by atoms with Gasteiger partial charge in [-0.3, -0.25) is 4.79 Å². The van der Waals surface area contributed by atoms with E-state index in [-0.39, 0.29) is 12.0 Å². The molecule has 104 valence electrons. The number of carbonyl (C=O) groups excluding carboxylic acids is 1. The largest absolute Gasteiger partial charge is 0.399 e. The van der Waals surface area contributed by atoms with Crippen molar-refractivity contribution in [2.24, 2.45) is 0 Å². The first kappa shape index (κ1) is 13.9. The molecule has 0 spiro atoms.